The summed E-state index contributed by atoms with van der Waals surface area (Å²) in [5, 5.41) is 12.0. The molecule has 2 N–H and O–H groups in total. The van der Waals surface area contributed by atoms with Gasteiger partial charge in [-0.3, -0.25) is 9.59 Å². The summed E-state index contributed by atoms with van der Waals surface area (Å²) >= 11 is 0. The maximum absolute atomic E-state index is 13.0. The van der Waals surface area contributed by atoms with Crippen molar-refractivity contribution in [1.82, 2.24) is 10.2 Å². The number of carboxylic acids is 1. The number of carbonyl (C=O) groups is 3. The number of fused-ring (bicyclic) bond motifs is 3. The second-order valence-corrected chi connectivity index (χ2v) is 8.33. The van der Waals surface area contributed by atoms with E-state index in [9.17, 15) is 19.5 Å². The average Bonchev–Trinajstić information content (AvgIpc) is 2.96. The van der Waals surface area contributed by atoms with Crippen LogP contribution in [0.25, 0.3) is 11.1 Å². The lowest BCUT2D eigenvalue weighted by Crippen LogP contribution is -2.50. The second-order valence-electron chi connectivity index (χ2n) is 8.33. The third kappa shape index (κ3) is 4.85. The summed E-state index contributed by atoms with van der Waals surface area (Å²) in [5.74, 6) is -2.20. The van der Waals surface area contributed by atoms with Gasteiger partial charge in [0.25, 0.3) is 0 Å². The molecule has 0 aromatic heterocycles. The number of amides is 2. The van der Waals surface area contributed by atoms with Crippen LogP contribution in [-0.2, 0) is 19.1 Å². The van der Waals surface area contributed by atoms with Gasteiger partial charge < -0.3 is 24.8 Å². The Morgan fingerprint density at radius 1 is 1.12 bits per heavy atom. The number of carboxylic acid groups (broad SMARTS) is 1. The summed E-state index contributed by atoms with van der Waals surface area (Å²) in [6.45, 7) is 2.60. The summed E-state index contributed by atoms with van der Waals surface area (Å²) in [6.07, 6.45) is -0.309. The smallest absolute Gasteiger partial charge is 0.407 e. The zero-order chi connectivity index (χ0) is 23.4. The lowest BCUT2D eigenvalue weighted by molar-refractivity contribution is -0.144. The van der Waals surface area contributed by atoms with Crippen LogP contribution in [0.2, 0.25) is 0 Å². The Labute approximate surface area is 192 Å². The van der Waals surface area contributed by atoms with Crippen molar-refractivity contribution < 1.29 is 29.0 Å². The quantitative estimate of drug-likeness (QED) is 0.698. The third-order valence-corrected chi connectivity index (χ3v) is 6.27. The molecule has 8 heteroatoms. The lowest BCUT2D eigenvalue weighted by atomic mass is 9.98. The first-order valence-corrected chi connectivity index (χ1v) is 11.2. The Balaban J connectivity index is 1.39. The fraction of sp³-hybridized carbons (Fsp3) is 0.400. The summed E-state index contributed by atoms with van der Waals surface area (Å²) in [7, 11) is 0. The molecule has 1 heterocycles. The van der Waals surface area contributed by atoms with E-state index in [1.807, 2.05) is 36.4 Å². The highest BCUT2D eigenvalue weighted by molar-refractivity contribution is 5.86. The van der Waals surface area contributed by atoms with Gasteiger partial charge in [0.15, 0.2) is 0 Å². The number of benzene rings is 2. The third-order valence-electron chi connectivity index (χ3n) is 6.27. The van der Waals surface area contributed by atoms with Crippen LogP contribution in [0.5, 0.6) is 0 Å². The minimum atomic E-state index is -1.01. The van der Waals surface area contributed by atoms with E-state index in [2.05, 4.69) is 17.4 Å². The molecule has 1 saturated heterocycles. The molecule has 2 aliphatic rings. The SMILES string of the molecule is CC[C@H](NC(=O)OCC1c2ccccc2-c2ccccc21)C(=O)N1CCOCC(C(=O)O)C1. The van der Waals surface area contributed by atoms with E-state index in [0.717, 1.165) is 22.3 Å². The maximum atomic E-state index is 13.0. The predicted molar refractivity (Wildman–Crippen MR) is 121 cm³/mol. The molecule has 8 nitrogen and oxygen atoms in total. The topological polar surface area (TPSA) is 105 Å². The van der Waals surface area contributed by atoms with Gasteiger partial charge >= 0.3 is 12.1 Å². The maximum Gasteiger partial charge on any atom is 0.407 e. The lowest BCUT2D eigenvalue weighted by Gasteiger charge is -2.27. The van der Waals surface area contributed by atoms with Crippen molar-refractivity contribution in [2.24, 2.45) is 5.92 Å². The molecule has 1 aliphatic carbocycles. The second kappa shape index (κ2) is 10.0. The Hall–Kier alpha value is -3.39. The summed E-state index contributed by atoms with van der Waals surface area (Å²) in [5.41, 5.74) is 4.50. The average molecular weight is 453 g/mol. The molecule has 0 bridgehead atoms. The monoisotopic (exact) mass is 452 g/mol. The van der Waals surface area contributed by atoms with Crippen LogP contribution in [0.15, 0.2) is 48.5 Å². The van der Waals surface area contributed by atoms with E-state index in [1.165, 1.54) is 4.90 Å². The van der Waals surface area contributed by atoms with E-state index in [1.54, 1.807) is 6.92 Å². The van der Waals surface area contributed by atoms with E-state index >= 15 is 0 Å². The molecule has 2 aromatic rings. The molecule has 1 fully saturated rings. The molecule has 2 amide bonds. The molecule has 4 rings (SSSR count). The minimum Gasteiger partial charge on any atom is -0.481 e. The van der Waals surface area contributed by atoms with Crippen molar-refractivity contribution in [1.29, 1.82) is 0 Å². The normalized spacial score (nSPS) is 18.6. The number of hydrogen-bond donors (Lipinski definition) is 2. The van der Waals surface area contributed by atoms with Crippen molar-refractivity contribution in [3.8, 4) is 11.1 Å². The van der Waals surface area contributed by atoms with Gasteiger partial charge in [0.05, 0.1) is 19.1 Å². The highest BCUT2D eigenvalue weighted by atomic mass is 16.5. The van der Waals surface area contributed by atoms with E-state index in [-0.39, 0.29) is 44.7 Å². The van der Waals surface area contributed by atoms with E-state index in [0.29, 0.717) is 6.42 Å². The molecule has 1 unspecified atom stereocenters. The zero-order valence-corrected chi connectivity index (χ0v) is 18.5. The molecule has 0 saturated carbocycles. The molecule has 33 heavy (non-hydrogen) atoms. The number of alkyl carbamates (subject to hydrolysis) is 1. The van der Waals surface area contributed by atoms with Gasteiger partial charge in [0.1, 0.15) is 12.6 Å². The highest BCUT2D eigenvalue weighted by Gasteiger charge is 2.32. The predicted octanol–water partition coefficient (Wildman–Crippen LogP) is 2.86. The Kier molecular flexibility index (Phi) is 6.93. The fourth-order valence-corrected chi connectivity index (χ4v) is 4.50. The number of carbonyl (C=O) groups excluding carboxylic acids is 2. The van der Waals surface area contributed by atoms with E-state index < -0.39 is 24.0 Å². The molecular weight excluding hydrogens is 424 g/mol. The van der Waals surface area contributed by atoms with Gasteiger partial charge in [0, 0.05) is 19.0 Å². The van der Waals surface area contributed by atoms with Gasteiger partial charge in [-0.1, -0.05) is 55.5 Å². The largest absolute Gasteiger partial charge is 0.481 e. The number of rotatable bonds is 6. The Bertz CT molecular complexity index is 994. The van der Waals surface area contributed by atoms with Crippen LogP contribution in [0, 0.1) is 5.92 Å². The van der Waals surface area contributed by atoms with Gasteiger partial charge in [-0.2, -0.15) is 0 Å². The van der Waals surface area contributed by atoms with Gasteiger partial charge in [-0.25, -0.2) is 4.79 Å². The van der Waals surface area contributed by atoms with Gasteiger partial charge in [-0.15, -0.1) is 0 Å². The molecule has 2 atom stereocenters. The van der Waals surface area contributed by atoms with Gasteiger partial charge in [-0.05, 0) is 28.7 Å². The van der Waals surface area contributed by atoms with Crippen molar-refractivity contribution in [2.75, 3.05) is 32.9 Å². The Morgan fingerprint density at radius 3 is 2.36 bits per heavy atom. The zero-order valence-electron chi connectivity index (χ0n) is 18.5. The molecule has 0 spiro atoms. The van der Waals surface area contributed by atoms with Crippen molar-refractivity contribution in [2.45, 2.75) is 25.3 Å². The highest BCUT2D eigenvalue weighted by Crippen LogP contribution is 2.44. The first kappa shape index (κ1) is 22.8. The van der Waals surface area contributed by atoms with Crippen molar-refractivity contribution in [3.63, 3.8) is 0 Å². The molecule has 1 aliphatic heterocycles. The number of nitrogens with one attached hydrogen (secondary N) is 1. The minimum absolute atomic E-state index is 0.0526. The van der Waals surface area contributed by atoms with Crippen molar-refractivity contribution in [3.05, 3.63) is 59.7 Å². The number of ether oxygens (including phenoxy) is 2. The van der Waals surface area contributed by atoms with Gasteiger partial charge in [0.2, 0.25) is 5.91 Å². The number of hydrogen-bond acceptors (Lipinski definition) is 5. The standard InChI is InChI=1S/C25H28N2O6/c1-2-22(23(28)27-11-12-32-14-16(13-27)24(29)30)26-25(31)33-15-21-19-9-5-3-7-17(19)18-8-4-6-10-20(18)21/h3-10,16,21-22H,2,11-15H2,1H3,(H,26,31)(H,29,30)/t16?,22-/m0/s1. The van der Waals surface area contributed by atoms with Crippen LogP contribution in [0.1, 0.15) is 30.4 Å². The first-order valence-electron chi connectivity index (χ1n) is 11.2. The van der Waals surface area contributed by atoms with Crippen LogP contribution < -0.4 is 5.32 Å². The fourth-order valence-electron chi connectivity index (χ4n) is 4.50. The molecule has 0 radical (unpaired) electrons. The first-order chi connectivity index (χ1) is 16.0. The Morgan fingerprint density at radius 2 is 1.76 bits per heavy atom. The van der Waals surface area contributed by atoms with Crippen LogP contribution in [0.4, 0.5) is 4.79 Å². The van der Waals surface area contributed by atoms with Crippen LogP contribution in [0.3, 0.4) is 0 Å². The van der Waals surface area contributed by atoms with E-state index in [4.69, 9.17) is 9.47 Å². The van der Waals surface area contributed by atoms with Crippen LogP contribution >= 0.6 is 0 Å². The molecular formula is C25H28N2O6. The summed E-state index contributed by atoms with van der Waals surface area (Å²) in [4.78, 5) is 38.4. The van der Waals surface area contributed by atoms with Crippen LogP contribution in [-0.4, -0.2) is 66.9 Å². The summed E-state index contributed by atoms with van der Waals surface area (Å²) < 4.78 is 10.9. The number of nitrogens with zero attached hydrogens (tertiary/aromatic N) is 1. The molecule has 174 valence electrons. The van der Waals surface area contributed by atoms with Crippen molar-refractivity contribution >= 4 is 18.0 Å². The molecule has 2 aromatic carbocycles. The summed E-state index contributed by atoms with van der Waals surface area (Å²) in [6, 6.07) is 15.3. The number of aliphatic carboxylic acids is 1.